The van der Waals surface area contributed by atoms with Crippen LogP contribution in [0.25, 0.3) is 0 Å². The van der Waals surface area contributed by atoms with Crippen LogP contribution in [0.3, 0.4) is 0 Å². The molecule has 0 aliphatic carbocycles. The monoisotopic (exact) mass is 539 g/mol. The van der Waals surface area contributed by atoms with Crippen LogP contribution in [0.2, 0.25) is 20.1 Å². The molecule has 0 saturated heterocycles. The van der Waals surface area contributed by atoms with Gasteiger partial charge >= 0.3 is 0 Å². The first-order chi connectivity index (χ1) is 14.8. The van der Waals surface area contributed by atoms with Gasteiger partial charge in [-0.2, -0.15) is 0 Å². The van der Waals surface area contributed by atoms with Crippen LogP contribution in [0.1, 0.15) is 12.5 Å². The molecule has 0 aromatic heterocycles. The van der Waals surface area contributed by atoms with E-state index in [2.05, 4.69) is 5.32 Å². The van der Waals surface area contributed by atoms with Gasteiger partial charge in [0.2, 0.25) is 21.8 Å². The van der Waals surface area contributed by atoms with Gasteiger partial charge in [0, 0.05) is 13.6 Å². The summed E-state index contributed by atoms with van der Waals surface area (Å²) in [6, 6.07) is 8.15. The van der Waals surface area contributed by atoms with Crippen LogP contribution >= 0.6 is 46.4 Å². The molecule has 0 saturated carbocycles. The maximum absolute atomic E-state index is 13.3. The molecule has 12 heteroatoms. The summed E-state index contributed by atoms with van der Waals surface area (Å²) in [6.45, 7) is 0.987. The zero-order valence-corrected chi connectivity index (χ0v) is 21.2. The summed E-state index contributed by atoms with van der Waals surface area (Å²) in [5.74, 6) is -1.03. The van der Waals surface area contributed by atoms with Gasteiger partial charge in [0.25, 0.3) is 0 Å². The molecule has 0 radical (unpaired) electrons. The van der Waals surface area contributed by atoms with Crippen molar-refractivity contribution < 1.29 is 18.0 Å². The lowest BCUT2D eigenvalue weighted by molar-refractivity contribution is -0.139. The van der Waals surface area contributed by atoms with E-state index in [1.54, 1.807) is 18.2 Å². The molecule has 0 heterocycles. The minimum absolute atomic E-state index is 0.00326. The Morgan fingerprint density at radius 1 is 0.969 bits per heavy atom. The zero-order valence-electron chi connectivity index (χ0n) is 17.4. The largest absolute Gasteiger partial charge is 0.357 e. The number of halogens is 4. The van der Waals surface area contributed by atoms with Crippen molar-refractivity contribution in [1.82, 2.24) is 10.2 Å². The number of anilines is 1. The normalized spacial score (nSPS) is 12.2. The van der Waals surface area contributed by atoms with E-state index in [0.717, 1.165) is 10.6 Å². The average Bonchev–Trinajstić information content (AvgIpc) is 2.72. The standard InChI is InChI=1S/C20H21Cl4N3O4S/c1-12(20(29)25-2)26(10-13-4-6-15(21)17(23)8-13)19(28)11-27(32(3,30)31)14-5-7-16(22)18(24)9-14/h4-9,12H,10-11H2,1-3H3,(H,25,29)/t12-/m1/s1. The van der Waals surface area contributed by atoms with Crippen LogP contribution < -0.4 is 9.62 Å². The molecule has 32 heavy (non-hydrogen) atoms. The molecule has 2 aromatic rings. The summed E-state index contributed by atoms with van der Waals surface area (Å²) in [4.78, 5) is 26.8. The van der Waals surface area contributed by atoms with Gasteiger partial charge in [-0.05, 0) is 42.8 Å². The molecule has 0 bridgehead atoms. The Kier molecular flexibility index (Phi) is 9.07. The number of nitrogens with one attached hydrogen (secondary N) is 1. The van der Waals surface area contributed by atoms with Crippen molar-refractivity contribution in [3.63, 3.8) is 0 Å². The molecular formula is C20H21Cl4N3O4S. The number of amides is 2. The third-order valence-corrected chi connectivity index (χ3v) is 7.24. The molecule has 1 N–H and O–H groups in total. The number of rotatable bonds is 8. The molecule has 0 aliphatic heterocycles. The van der Waals surface area contributed by atoms with Gasteiger partial charge in [0.1, 0.15) is 12.6 Å². The fourth-order valence-electron chi connectivity index (χ4n) is 2.88. The smallest absolute Gasteiger partial charge is 0.244 e. The molecule has 174 valence electrons. The lowest BCUT2D eigenvalue weighted by Gasteiger charge is -2.31. The quantitative estimate of drug-likeness (QED) is 0.542. The predicted octanol–water partition coefficient (Wildman–Crippen LogP) is 4.23. The topological polar surface area (TPSA) is 86.8 Å². The minimum Gasteiger partial charge on any atom is -0.357 e. The van der Waals surface area contributed by atoms with E-state index in [4.69, 9.17) is 46.4 Å². The Balaban J connectivity index is 2.42. The number of benzene rings is 2. The minimum atomic E-state index is -3.87. The fraction of sp³-hybridized carbons (Fsp3) is 0.300. The van der Waals surface area contributed by atoms with E-state index < -0.39 is 34.4 Å². The van der Waals surface area contributed by atoms with Crippen molar-refractivity contribution >= 4 is 73.9 Å². The second-order valence-electron chi connectivity index (χ2n) is 6.93. The van der Waals surface area contributed by atoms with E-state index in [9.17, 15) is 18.0 Å². The number of carbonyl (C=O) groups excluding carboxylic acids is 2. The Bertz CT molecular complexity index is 1130. The van der Waals surface area contributed by atoms with Crippen molar-refractivity contribution in [3.05, 3.63) is 62.1 Å². The van der Waals surface area contributed by atoms with Crippen LogP contribution in [0.4, 0.5) is 5.69 Å². The van der Waals surface area contributed by atoms with E-state index in [-0.39, 0.29) is 27.3 Å². The highest BCUT2D eigenvalue weighted by molar-refractivity contribution is 7.92. The van der Waals surface area contributed by atoms with Gasteiger partial charge < -0.3 is 10.2 Å². The molecule has 0 unspecified atom stereocenters. The Morgan fingerprint density at radius 3 is 2.03 bits per heavy atom. The van der Waals surface area contributed by atoms with Crippen molar-refractivity contribution in [2.45, 2.75) is 19.5 Å². The van der Waals surface area contributed by atoms with Crippen LogP contribution in [0.15, 0.2) is 36.4 Å². The Hall–Kier alpha value is -1.71. The summed E-state index contributed by atoms with van der Waals surface area (Å²) in [7, 11) is -2.42. The lowest BCUT2D eigenvalue weighted by Crippen LogP contribution is -2.50. The number of carbonyl (C=O) groups is 2. The third kappa shape index (κ3) is 6.65. The van der Waals surface area contributed by atoms with Crippen LogP contribution in [-0.4, -0.2) is 51.0 Å². The third-order valence-electron chi connectivity index (χ3n) is 4.62. The van der Waals surface area contributed by atoms with Gasteiger partial charge in [0.05, 0.1) is 32.0 Å². The number of hydrogen-bond donors (Lipinski definition) is 1. The van der Waals surface area contributed by atoms with Gasteiger partial charge in [0.15, 0.2) is 0 Å². The molecule has 1 atom stereocenters. The maximum Gasteiger partial charge on any atom is 0.244 e. The van der Waals surface area contributed by atoms with Crippen LogP contribution in [0.5, 0.6) is 0 Å². The highest BCUT2D eigenvalue weighted by Crippen LogP contribution is 2.29. The second-order valence-corrected chi connectivity index (χ2v) is 10.5. The first kappa shape index (κ1) is 26.5. The van der Waals surface area contributed by atoms with Crippen LogP contribution in [-0.2, 0) is 26.2 Å². The molecule has 0 spiro atoms. The maximum atomic E-state index is 13.3. The summed E-state index contributed by atoms with van der Waals surface area (Å²) in [6.07, 6.45) is 0.967. The molecule has 0 fully saturated rings. The zero-order chi connectivity index (χ0) is 24.2. The van der Waals surface area contributed by atoms with Crippen LogP contribution in [0, 0.1) is 0 Å². The Labute approximate surface area is 207 Å². The van der Waals surface area contributed by atoms with E-state index >= 15 is 0 Å². The number of likely N-dealkylation sites (N-methyl/N-ethyl adjacent to an activating group) is 1. The molecule has 0 aliphatic rings. The summed E-state index contributed by atoms with van der Waals surface area (Å²) < 4.78 is 25.8. The van der Waals surface area contributed by atoms with E-state index in [1.807, 2.05) is 0 Å². The highest BCUT2D eigenvalue weighted by Gasteiger charge is 2.30. The summed E-state index contributed by atoms with van der Waals surface area (Å²) >= 11 is 24.0. The first-order valence-electron chi connectivity index (χ1n) is 9.23. The second kappa shape index (κ2) is 10.9. The van der Waals surface area contributed by atoms with Gasteiger partial charge in [-0.25, -0.2) is 8.42 Å². The highest BCUT2D eigenvalue weighted by atomic mass is 35.5. The van der Waals surface area contributed by atoms with Crippen molar-refractivity contribution in [2.24, 2.45) is 0 Å². The van der Waals surface area contributed by atoms with Gasteiger partial charge in [-0.1, -0.05) is 52.5 Å². The number of nitrogens with zero attached hydrogens (tertiary/aromatic N) is 2. The molecule has 2 rings (SSSR count). The lowest BCUT2D eigenvalue weighted by atomic mass is 10.1. The molecule has 2 amide bonds. The predicted molar refractivity (Wildman–Crippen MR) is 129 cm³/mol. The Morgan fingerprint density at radius 2 is 1.53 bits per heavy atom. The van der Waals surface area contributed by atoms with E-state index in [1.165, 1.54) is 37.1 Å². The average molecular weight is 541 g/mol. The number of hydrogen-bond acceptors (Lipinski definition) is 4. The molecular weight excluding hydrogens is 520 g/mol. The van der Waals surface area contributed by atoms with Gasteiger partial charge in [-0.3, -0.25) is 13.9 Å². The van der Waals surface area contributed by atoms with E-state index in [0.29, 0.717) is 10.6 Å². The molecule has 2 aromatic carbocycles. The molecule has 7 nitrogen and oxygen atoms in total. The summed E-state index contributed by atoms with van der Waals surface area (Å²) in [5, 5.41) is 3.50. The fourth-order valence-corrected chi connectivity index (χ4v) is 4.33. The summed E-state index contributed by atoms with van der Waals surface area (Å²) in [5.41, 5.74) is 0.779. The van der Waals surface area contributed by atoms with Crippen molar-refractivity contribution in [1.29, 1.82) is 0 Å². The van der Waals surface area contributed by atoms with Gasteiger partial charge in [-0.15, -0.1) is 0 Å². The number of sulfonamides is 1. The van der Waals surface area contributed by atoms with Crippen molar-refractivity contribution in [2.75, 3.05) is 24.2 Å². The SMILES string of the molecule is CNC(=O)[C@@H](C)N(Cc1ccc(Cl)c(Cl)c1)C(=O)CN(c1ccc(Cl)c(Cl)c1)S(C)(=O)=O. The van der Waals surface area contributed by atoms with Crippen molar-refractivity contribution in [3.8, 4) is 0 Å². The first-order valence-corrected chi connectivity index (χ1v) is 12.6.